The molecule has 0 atom stereocenters. The van der Waals surface area contributed by atoms with Crippen molar-refractivity contribution in [3.05, 3.63) is 21.7 Å². The van der Waals surface area contributed by atoms with Gasteiger partial charge in [0.05, 0.1) is 6.61 Å². The van der Waals surface area contributed by atoms with Crippen LogP contribution in [0.5, 0.6) is 0 Å². The molecule has 0 amide bonds. The largest absolute Gasteiger partial charge is 0.461 e. The molecule has 7 heteroatoms. The standard InChI is InChI=1S/C8H9N3O4/c1-2-15-8(14)5-7(13)11-6(9)4(3-12)10-5/h3H,2H2,1H3,(H3,9,11,13). The summed E-state index contributed by atoms with van der Waals surface area (Å²) in [5.41, 5.74) is 3.82. The number of carbonyl (C=O) groups is 2. The van der Waals surface area contributed by atoms with E-state index in [-0.39, 0.29) is 18.1 Å². The molecular formula is C8H9N3O4. The zero-order valence-corrected chi connectivity index (χ0v) is 7.94. The van der Waals surface area contributed by atoms with Gasteiger partial charge in [-0.2, -0.15) is 0 Å². The third kappa shape index (κ3) is 2.19. The first-order valence-electron chi connectivity index (χ1n) is 4.12. The maximum Gasteiger partial charge on any atom is 0.362 e. The Kier molecular flexibility index (Phi) is 3.17. The van der Waals surface area contributed by atoms with E-state index in [1.807, 2.05) is 0 Å². The Balaban J connectivity index is 3.24. The van der Waals surface area contributed by atoms with Crippen molar-refractivity contribution >= 4 is 18.1 Å². The molecule has 0 spiro atoms. The van der Waals surface area contributed by atoms with E-state index in [1.165, 1.54) is 0 Å². The van der Waals surface area contributed by atoms with Crippen molar-refractivity contribution in [2.24, 2.45) is 0 Å². The maximum atomic E-state index is 11.2. The van der Waals surface area contributed by atoms with Crippen LogP contribution in [0.1, 0.15) is 27.9 Å². The van der Waals surface area contributed by atoms with Crippen LogP contribution in [0.3, 0.4) is 0 Å². The lowest BCUT2D eigenvalue weighted by molar-refractivity contribution is 0.0517. The lowest BCUT2D eigenvalue weighted by atomic mass is 10.4. The number of aldehydes is 1. The quantitative estimate of drug-likeness (QED) is 0.506. The molecule has 0 aliphatic rings. The summed E-state index contributed by atoms with van der Waals surface area (Å²) in [7, 11) is 0. The second-order valence-electron chi connectivity index (χ2n) is 2.55. The molecule has 0 fully saturated rings. The number of nitrogens with zero attached hydrogens (tertiary/aromatic N) is 1. The first-order valence-corrected chi connectivity index (χ1v) is 4.12. The average Bonchev–Trinajstić information content (AvgIpc) is 2.18. The van der Waals surface area contributed by atoms with Crippen LogP contribution in [0.25, 0.3) is 0 Å². The highest BCUT2D eigenvalue weighted by Gasteiger charge is 2.16. The van der Waals surface area contributed by atoms with Crippen molar-refractivity contribution in [1.29, 1.82) is 0 Å². The average molecular weight is 211 g/mol. The number of hydrogen-bond donors (Lipinski definition) is 2. The van der Waals surface area contributed by atoms with Crippen LogP contribution < -0.4 is 11.3 Å². The summed E-state index contributed by atoms with van der Waals surface area (Å²) in [5.74, 6) is -1.06. The van der Waals surface area contributed by atoms with Crippen molar-refractivity contribution in [2.75, 3.05) is 12.3 Å². The summed E-state index contributed by atoms with van der Waals surface area (Å²) >= 11 is 0. The van der Waals surface area contributed by atoms with Gasteiger partial charge in [-0.25, -0.2) is 9.78 Å². The second kappa shape index (κ2) is 4.36. The van der Waals surface area contributed by atoms with E-state index in [9.17, 15) is 14.4 Å². The van der Waals surface area contributed by atoms with Gasteiger partial charge in [0.2, 0.25) is 5.69 Å². The van der Waals surface area contributed by atoms with E-state index < -0.39 is 17.2 Å². The van der Waals surface area contributed by atoms with E-state index in [0.717, 1.165) is 0 Å². The Bertz CT molecular complexity index is 452. The molecule has 1 aromatic heterocycles. The second-order valence-corrected chi connectivity index (χ2v) is 2.55. The number of anilines is 1. The topological polar surface area (TPSA) is 115 Å². The number of aromatic nitrogens is 2. The number of ether oxygens (including phenoxy) is 1. The molecule has 0 unspecified atom stereocenters. The fraction of sp³-hybridized carbons (Fsp3) is 0.250. The van der Waals surface area contributed by atoms with Crippen LogP contribution in [0, 0.1) is 0 Å². The summed E-state index contributed by atoms with van der Waals surface area (Å²) in [4.78, 5) is 38.5. The summed E-state index contributed by atoms with van der Waals surface area (Å²) in [6.45, 7) is 1.70. The number of nitrogens with one attached hydrogen (secondary N) is 1. The number of aromatic amines is 1. The molecule has 15 heavy (non-hydrogen) atoms. The van der Waals surface area contributed by atoms with Gasteiger partial charge >= 0.3 is 5.97 Å². The molecule has 7 nitrogen and oxygen atoms in total. The maximum absolute atomic E-state index is 11.2. The molecule has 1 heterocycles. The minimum atomic E-state index is -0.887. The monoisotopic (exact) mass is 211 g/mol. The Morgan fingerprint density at radius 1 is 1.67 bits per heavy atom. The van der Waals surface area contributed by atoms with Gasteiger partial charge in [0.1, 0.15) is 11.5 Å². The van der Waals surface area contributed by atoms with Crippen LogP contribution in [0.2, 0.25) is 0 Å². The molecule has 0 bridgehead atoms. The molecule has 0 saturated carbocycles. The molecule has 1 rings (SSSR count). The highest BCUT2D eigenvalue weighted by atomic mass is 16.5. The fourth-order valence-electron chi connectivity index (χ4n) is 0.905. The Morgan fingerprint density at radius 2 is 2.33 bits per heavy atom. The van der Waals surface area contributed by atoms with Crippen LogP contribution in [-0.2, 0) is 4.74 Å². The lowest BCUT2D eigenvalue weighted by Gasteiger charge is -2.02. The molecular weight excluding hydrogens is 202 g/mol. The molecule has 0 aliphatic carbocycles. The normalized spacial score (nSPS) is 9.67. The van der Waals surface area contributed by atoms with E-state index in [0.29, 0.717) is 6.29 Å². The van der Waals surface area contributed by atoms with Crippen molar-refractivity contribution in [3.63, 3.8) is 0 Å². The third-order valence-electron chi connectivity index (χ3n) is 1.55. The van der Waals surface area contributed by atoms with Gasteiger partial charge in [0.15, 0.2) is 6.29 Å². The van der Waals surface area contributed by atoms with Crippen LogP contribution in [0.4, 0.5) is 5.82 Å². The number of H-pyrrole nitrogens is 1. The van der Waals surface area contributed by atoms with Gasteiger partial charge in [0, 0.05) is 0 Å². The van der Waals surface area contributed by atoms with Crippen molar-refractivity contribution in [2.45, 2.75) is 6.92 Å². The van der Waals surface area contributed by atoms with Gasteiger partial charge in [-0.15, -0.1) is 0 Å². The van der Waals surface area contributed by atoms with Crippen LogP contribution in [-0.4, -0.2) is 28.8 Å². The molecule has 0 radical (unpaired) electrons. The Morgan fingerprint density at radius 3 is 2.87 bits per heavy atom. The highest BCUT2D eigenvalue weighted by molar-refractivity contribution is 5.89. The van der Waals surface area contributed by atoms with Gasteiger partial charge in [-0.1, -0.05) is 0 Å². The van der Waals surface area contributed by atoms with Crippen LogP contribution in [0.15, 0.2) is 4.79 Å². The number of nitrogens with two attached hydrogens (primary N) is 1. The first kappa shape index (κ1) is 10.9. The predicted molar refractivity (Wildman–Crippen MR) is 50.6 cm³/mol. The lowest BCUT2D eigenvalue weighted by Crippen LogP contribution is -2.24. The molecule has 80 valence electrons. The van der Waals surface area contributed by atoms with E-state index in [4.69, 9.17) is 5.73 Å². The molecule has 0 aromatic carbocycles. The Labute approximate surface area is 84.3 Å². The molecule has 0 saturated heterocycles. The summed E-state index contributed by atoms with van der Waals surface area (Å²) in [6.07, 6.45) is 0.341. The van der Waals surface area contributed by atoms with Gasteiger partial charge in [0.25, 0.3) is 5.56 Å². The fourth-order valence-corrected chi connectivity index (χ4v) is 0.905. The molecule has 0 aliphatic heterocycles. The number of carbonyl (C=O) groups excluding carboxylic acids is 2. The van der Waals surface area contributed by atoms with Crippen molar-refractivity contribution < 1.29 is 14.3 Å². The summed E-state index contributed by atoms with van der Waals surface area (Å²) in [5, 5.41) is 0. The van der Waals surface area contributed by atoms with Gasteiger partial charge in [-0.3, -0.25) is 9.59 Å². The molecule has 1 aromatic rings. The highest BCUT2D eigenvalue weighted by Crippen LogP contribution is 2.00. The minimum Gasteiger partial charge on any atom is -0.461 e. The number of hydrogen-bond acceptors (Lipinski definition) is 6. The zero-order valence-electron chi connectivity index (χ0n) is 7.94. The van der Waals surface area contributed by atoms with E-state index >= 15 is 0 Å². The summed E-state index contributed by atoms with van der Waals surface area (Å²) in [6, 6.07) is 0. The van der Waals surface area contributed by atoms with Crippen LogP contribution >= 0.6 is 0 Å². The van der Waals surface area contributed by atoms with Gasteiger partial charge in [-0.05, 0) is 6.92 Å². The SMILES string of the molecule is CCOC(=O)c1nc(C=O)c(N)[nH]c1=O. The number of nitrogen functional groups attached to an aromatic ring is 1. The van der Waals surface area contributed by atoms with Crippen molar-refractivity contribution in [3.8, 4) is 0 Å². The number of rotatable bonds is 3. The predicted octanol–water partition coefficient (Wildman–Crippen LogP) is -0.659. The molecule has 3 N–H and O–H groups in total. The van der Waals surface area contributed by atoms with E-state index in [2.05, 4.69) is 14.7 Å². The number of esters is 1. The minimum absolute atomic E-state index is 0.112. The Hall–Kier alpha value is -2.18. The summed E-state index contributed by atoms with van der Waals surface area (Å²) < 4.78 is 4.57. The van der Waals surface area contributed by atoms with Gasteiger partial charge < -0.3 is 15.5 Å². The van der Waals surface area contributed by atoms with Crippen molar-refractivity contribution in [1.82, 2.24) is 9.97 Å². The van der Waals surface area contributed by atoms with E-state index in [1.54, 1.807) is 6.92 Å². The smallest absolute Gasteiger partial charge is 0.362 e. The third-order valence-corrected chi connectivity index (χ3v) is 1.55. The zero-order chi connectivity index (χ0) is 11.4. The first-order chi connectivity index (χ1) is 7.10.